The van der Waals surface area contributed by atoms with Crippen molar-refractivity contribution in [2.45, 2.75) is 0 Å². The number of rotatable bonds is 3. The first kappa shape index (κ1) is 14.5. The molecule has 0 aliphatic carbocycles. The Kier molecular flexibility index (Phi) is 6.67. The Bertz CT molecular complexity index is 389. The van der Waals surface area contributed by atoms with Gasteiger partial charge in [0.1, 0.15) is 4.60 Å². The minimum absolute atomic E-state index is 0. The Labute approximate surface area is 117 Å². The van der Waals surface area contributed by atoms with Crippen LogP contribution in [-0.4, -0.2) is 51.4 Å². The van der Waals surface area contributed by atoms with Crippen LogP contribution in [0.4, 0.5) is 0 Å². The zero-order chi connectivity index (χ0) is 10.6. The number of ketones is 1. The molecular weight excluding hydrogens is 273 g/mol. The molecular formula is C9H7BrNNaO3. The number of halogens is 1. The minimum atomic E-state index is -1.47. The summed E-state index contributed by atoms with van der Waals surface area (Å²) in [6, 6.07) is 3.41. The molecule has 1 aromatic heterocycles. The van der Waals surface area contributed by atoms with Crippen molar-refractivity contribution in [2.24, 2.45) is 0 Å². The molecule has 0 spiro atoms. The maximum absolute atomic E-state index is 10.7. The van der Waals surface area contributed by atoms with Crippen LogP contribution in [0.1, 0.15) is 5.56 Å². The summed E-state index contributed by atoms with van der Waals surface area (Å²) in [5, 5.41) is 8.28. The molecule has 0 fully saturated rings. The third-order valence-electron chi connectivity index (χ3n) is 1.39. The fourth-order valence-electron chi connectivity index (χ4n) is 0.729. The second-order valence-electron chi connectivity index (χ2n) is 2.42. The van der Waals surface area contributed by atoms with Crippen LogP contribution < -0.4 is 0 Å². The molecule has 1 heterocycles. The molecule has 0 aromatic carbocycles. The first-order chi connectivity index (χ1) is 6.59. The Morgan fingerprint density at radius 3 is 2.53 bits per heavy atom. The van der Waals surface area contributed by atoms with Crippen molar-refractivity contribution >= 4 is 63.3 Å². The number of carboxylic acids is 1. The molecule has 0 aliphatic heterocycles. The number of aliphatic carboxylic acids is 1. The number of pyridine rings is 1. The average molecular weight is 280 g/mol. The molecule has 0 unspecified atom stereocenters. The first-order valence-electron chi connectivity index (χ1n) is 3.66. The molecule has 1 N–H and O–H groups in total. The van der Waals surface area contributed by atoms with Crippen molar-refractivity contribution in [2.75, 3.05) is 0 Å². The summed E-state index contributed by atoms with van der Waals surface area (Å²) in [6.07, 6.45) is 3.92. The Balaban J connectivity index is 0.00000196. The molecule has 0 bridgehead atoms. The van der Waals surface area contributed by atoms with E-state index in [1.807, 2.05) is 0 Å². The monoisotopic (exact) mass is 279 g/mol. The van der Waals surface area contributed by atoms with Crippen LogP contribution in [0.25, 0.3) is 6.08 Å². The van der Waals surface area contributed by atoms with E-state index < -0.39 is 11.8 Å². The van der Waals surface area contributed by atoms with E-state index in [-0.39, 0.29) is 29.6 Å². The van der Waals surface area contributed by atoms with E-state index >= 15 is 0 Å². The molecule has 0 radical (unpaired) electrons. The van der Waals surface area contributed by atoms with Gasteiger partial charge in [-0.1, -0.05) is 6.07 Å². The summed E-state index contributed by atoms with van der Waals surface area (Å²) in [4.78, 5) is 24.7. The molecule has 1 rings (SSSR count). The van der Waals surface area contributed by atoms with Gasteiger partial charge in [0.25, 0.3) is 5.78 Å². The number of nitrogens with zero attached hydrogens (tertiary/aromatic N) is 1. The van der Waals surface area contributed by atoms with E-state index in [1.165, 1.54) is 12.3 Å². The summed E-state index contributed by atoms with van der Waals surface area (Å²) < 4.78 is 0.680. The first-order valence-corrected chi connectivity index (χ1v) is 4.46. The third-order valence-corrected chi connectivity index (χ3v) is 1.86. The summed E-state index contributed by atoms with van der Waals surface area (Å²) in [6.45, 7) is 0. The predicted molar refractivity (Wildman–Crippen MR) is 60.8 cm³/mol. The van der Waals surface area contributed by atoms with Crippen LogP contribution in [-0.2, 0) is 9.59 Å². The molecule has 15 heavy (non-hydrogen) atoms. The second kappa shape index (κ2) is 6.90. The van der Waals surface area contributed by atoms with Crippen molar-refractivity contribution in [3.05, 3.63) is 34.6 Å². The second-order valence-corrected chi connectivity index (χ2v) is 3.23. The van der Waals surface area contributed by atoms with Gasteiger partial charge < -0.3 is 5.11 Å². The zero-order valence-corrected chi connectivity index (χ0v) is 8.56. The summed E-state index contributed by atoms with van der Waals surface area (Å²) in [5.41, 5.74) is 0.669. The zero-order valence-electron chi connectivity index (χ0n) is 6.98. The fraction of sp³-hybridized carbons (Fsp3) is 0. The van der Waals surface area contributed by atoms with E-state index in [2.05, 4.69) is 20.9 Å². The van der Waals surface area contributed by atoms with Crippen molar-refractivity contribution in [1.82, 2.24) is 4.98 Å². The summed E-state index contributed by atoms with van der Waals surface area (Å²) in [5.74, 6) is -2.42. The van der Waals surface area contributed by atoms with Gasteiger partial charge in [-0.15, -0.1) is 0 Å². The van der Waals surface area contributed by atoms with Gasteiger partial charge >= 0.3 is 35.5 Å². The number of hydrogen-bond donors (Lipinski definition) is 1. The van der Waals surface area contributed by atoms with Gasteiger partial charge in [0.2, 0.25) is 0 Å². The number of hydrogen-bond acceptors (Lipinski definition) is 3. The molecule has 6 heteroatoms. The number of carbonyl (C=O) groups excluding carboxylic acids is 1. The molecule has 0 amide bonds. The van der Waals surface area contributed by atoms with Gasteiger partial charge in [0.15, 0.2) is 0 Å². The molecule has 74 valence electrons. The number of aromatic nitrogens is 1. The molecule has 0 saturated heterocycles. The normalized spacial score (nSPS) is 9.67. The van der Waals surface area contributed by atoms with E-state index in [0.717, 1.165) is 6.08 Å². The summed E-state index contributed by atoms with van der Waals surface area (Å²) >= 11 is 3.15. The Morgan fingerprint density at radius 1 is 1.40 bits per heavy atom. The van der Waals surface area contributed by atoms with E-state index in [9.17, 15) is 9.59 Å². The number of carboxylic acid groups (broad SMARTS) is 1. The molecule has 1 aromatic rings. The van der Waals surface area contributed by atoms with E-state index in [1.54, 1.807) is 12.1 Å². The van der Waals surface area contributed by atoms with Crippen molar-refractivity contribution in [1.29, 1.82) is 0 Å². The van der Waals surface area contributed by atoms with Crippen LogP contribution in [0, 0.1) is 0 Å². The topological polar surface area (TPSA) is 67.3 Å². The fourth-order valence-corrected chi connectivity index (χ4v) is 0.964. The Hall–Kier alpha value is -0.490. The number of carbonyl (C=O) groups is 2. The molecule has 0 atom stereocenters. The molecule has 0 saturated carbocycles. The van der Waals surface area contributed by atoms with Crippen LogP contribution >= 0.6 is 15.9 Å². The predicted octanol–water partition coefficient (Wildman–Crippen LogP) is 0.862. The van der Waals surface area contributed by atoms with E-state index in [4.69, 9.17) is 5.11 Å². The SMILES string of the molecule is O=C(O)C(=O)C=Cc1ccc(Br)nc1.[NaH]. The van der Waals surface area contributed by atoms with Crippen LogP contribution in [0.2, 0.25) is 0 Å². The maximum atomic E-state index is 10.7. The van der Waals surface area contributed by atoms with Crippen molar-refractivity contribution in [3.8, 4) is 0 Å². The third kappa shape index (κ3) is 5.22. The van der Waals surface area contributed by atoms with Gasteiger partial charge in [-0.2, -0.15) is 0 Å². The van der Waals surface area contributed by atoms with Crippen LogP contribution in [0.15, 0.2) is 29.0 Å². The van der Waals surface area contributed by atoms with Gasteiger partial charge in [-0.25, -0.2) is 9.78 Å². The van der Waals surface area contributed by atoms with Crippen LogP contribution in [0.5, 0.6) is 0 Å². The van der Waals surface area contributed by atoms with Crippen LogP contribution in [0.3, 0.4) is 0 Å². The van der Waals surface area contributed by atoms with Crippen molar-refractivity contribution < 1.29 is 14.7 Å². The standard InChI is InChI=1S/C9H6BrNO3.Na.H/c10-8-4-2-6(5-11-8)1-3-7(12)9(13)14;;/h1-5H,(H,13,14);;. The van der Waals surface area contributed by atoms with Gasteiger partial charge in [-0.05, 0) is 39.7 Å². The average Bonchev–Trinajstić information content (AvgIpc) is 2.16. The summed E-state index contributed by atoms with van der Waals surface area (Å²) in [7, 11) is 0. The van der Waals surface area contributed by atoms with E-state index in [0.29, 0.717) is 10.2 Å². The van der Waals surface area contributed by atoms with Gasteiger partial charge in [0, 0.05) is 6.20 Å². The van der Waals surface area contributed by atoms with Crippen molar-refractivity contribution in [3.63, 3.8) is 0 Å². The van der Waals surface area contributed by atoms with Gasteiger partial charge in [0.05, 0.1) is 0 Å². The molecule has 4 nitrogen and oxygen atoms in total. The molecule has 0 aliphatic rings. The van der Waals surface area contributed by atoms with Gasteiger partial charge in [-0.3, -0.25) is 4.79 Å². The quantitative estimate of drug-likeness (QED) is 0.386. The Morgan fingerprint density at radius 2 is 2.07 bits per heavy atom.